The van der Waals surface area contributed by atoms with E-state index in [1.807, 2.05) is 60.7 Å². The predicted molar refractivity (Wildman–Crippen MR) is 127 cm³/mol. The molecule has 33 heavy (non-hydrogen) atoms. The molecule has 7 nitrogen and oxygen atoms in total. The van der Waals surface area contributed by atoms with E-state index in [1.54, 1.807) is 23.3 Å². The van der Waals surface area contributed by atoms with Gasteiger partial charge in [-0.25, -0.2) is 8.42 Å². The second kappa shape index (κ2) is 12.2. The predicted octanol–water partition coefficient (Wildman–Crippen LogP) is 3.76. The first-order chi connectivity index (χ1) is 16.0. The molecule has 0 N–H and O–H groups in total. The maximum Gasteiger partial charge on any atom is 0.238 e. The maximum atomic E-state index is 13.3. The molecule has 0 fully saturated rings. The van der Waals surface area contributed by atoms with Crippen LogP contribution in [-0.4, -0.2) is 50.3 Å². The topological polar surface area (TPSA) is 80.1 Å². The summed E-state index contributed by atoms with van der Waals surface area (Å²) in [6.07, 6.45) is 3.06. The van der Waals surface area contributed by atoms with Gasteiger partial charge in [0, 0.05) is 25.6 Å². The third-order valence-corrected chi connectivity index (χ3v) is 6.46. The number of methoxy groups -OCH3 is 1. The van der Waals surface area contributed by atoms with E-state index in [0.717, 1.165) is 20.8 Å². The Bertz CT molecular complexity index is 1110. The summed E-state index contributed by atoms with van der Waals surface area (Å²) in [4.78, 5) is 14.9. The van der Waals surface area contributed by atoms with Crippen LogP contribution in [0, 0.1) is 0 Å². The molecule has 0 atom stereocenters. The van der Waals surface area contributed by atoms with Crippen LogP contribution in [0.1, 0.15) is 16.9 Å². The lowest BCUT2D eigenvalue weighted by molar-refractivity contribution is -0.133. The Morgan fingerprint density at radius 2 is 1.67 bits per heavy atom. The summed E-state index contributed by atoms with van der Waals surface area (Å²) in [5.74, 6) is 0.289. The first-order valence-electron chi connectivity index (χ1n) is 10.5. The smallest absolute Gasteiger partial charge is 0.238 e. The summed E-state index contributed by atoms with van der Waals surface area (Å²) >= 11 is 0. The van der Waals surface area contributed by atoms with Crippen molar-refractivity contribution in [1.82, 2.24) is 9.21 Å². The van der Waals surface area contributed by atoms with E-state index in [-0.39, 0.29) is 32.1 Å². The minimum Gasteiger partial charge on any atom is -0.467 e. The van der Waals surface area contributed by atoms with Gasteiger partial charge in [0.05, 0.1) is 26.0 Å². The highest BCUT2D eigenvalue weighted by molar-refractivity contribution is 7.92. The van der Waals surface area contributed by atoms with Crippen LogP contribution in [-0.2, 0) is 32.6 Å². The number of sulfonamides is 1. The SMILES string of the molecule is COCCN(CC(=O)N(Cc1ccccc1)Cc1ccco1)S(=O)(=O)/C=C/c1ccccc1. The van der Waals surface area contributed by atoms with Gasteiger partial charge < -0.3 is 14.1 Å². The second-order valence-electron chi connectivity index (χ2n) is 7.40. The highest BCUT2D eigenvalue weighted by Gasteiger charge is 2.25. The molecule has 0 bridgehead atoms. The molecule has 3 rings (SSSR count). The van der Waals surface area contributed by atoms with E-state index >= 15 is 0 Å². The Morgan fingerprint density at radius 1 is 0.970 bits per heavy atom. The van der Waals surface area contributed by atoms with Crippen LogP contribution in [0.2, 0.25) is 0 Å². The van der Waals surface area contributed by atoms with Crippen LogP contribution >= 0.6 is 0 Å². The van der Waals surface area contributed by atoms with Crippen LogP contribution < -0.4 is 0 Å². The molecule has 0 spiro atoms. The summed E-state index contributed by atoms with van der Waals surface area (Å²) in [5.41, 5.74) is 1.69. The number of carbonyl (C=O) groups is 1. The average Bonchev–Trinajstić information content (AvgIpc) is 3.34. The van der Waals surface area contributed by atoms with Gasteiger partial charge in [-0.15, -0.1) is 0 Å². The van der Waals surface area contributed by atoms with E-state index in [4.69, 9.17) is 9.15 Å². The van der Waals surface area contributed by atoms with E-state index in [9.17, 15) is 13.2 Å². The van der Waals surface area contributed by atoms with Gasteiger partial charge >= 0.3 is 0 Å². The summed E-state index contributed by atoms with van der Waals surface area (Å²) < 4.78 is 37.7. The lowest BCUT2D eigenvalue weighted by Crippen LogP contribution is -2.43. The highest BCUT2D eigenvalue weighted by Crippen LogP contribution is 2.14. The number of hydrogen-bond donors (Lipinski definition) is 0. The van der Waals surface area contributed by atoms with Crippen molar-refractivity contribution in [3.63, 3.8) is 0 Å². The summed E-state index contributed by atoms with van der Waals surface area (Å²) in [5, 5.41) is 1.12. The van der Waals surface area contributed by atoms with E-state index in [1.165, 1.54) is 13.2 Å². The average molecular weight is 469 g/mol. The van der Waals surface area contributed by atoms with Gasteiger partial charge in [-0.1, -0.05) is 60.7 Å². The van der Waals surface area contributed by atoms with Gasteiger partial charge in [-0.3, -0.25) is 4.79 Å². The normalized spacial score (nSPS) is 11.8. The molecule has 0 aliphatic carbocycles. The molecule has 174 valence electrons. The third kappa shape index (κ3) is 7.71. The van der Waals surface area contributed by atoms with Crippen LogP contribution in [0.5, 0.6) is 0 Å². The minimum absolute atomic E-state index is 0.0592. The van der Waals surface area contributed by atoms with Gasteiger partial charge in [-0.2, -0.15) is 4.31 Å². The highest BCUT2D eigenvalue weighted by atomic mass is 32.2. The molecule has 1 aromatic heterocycles. The number of rotatable bonds is 12. The maximum absolute atomic E-state index is 13.3. The van der Waals surface area contributed by atoms with Crippen molar-refractivity contribution in [3.8, 4) is 0 Å². The van der Waals surface area contributed by atoms with Crippen LogP contribution in [0.25, 0.3) is 6.08 Å². The molecule has 0 aliphatic rings. The number of furan rings is 1. The standard InChI is InChI=1S/C25H28N2O5S/c1-31-17-15-27(33(29,30)18-14-22-9-4-2-5-10-22)21-25(28)26(20-24-13-8-16-32-24)19-23-11-6-3-7-12-23/h2-14,16,18H,15,17,19-21H2,1H3/b18-14+. The minimum atomic E-state index is -3.85. The van der Waals surface area contributed by atoms with Gasteiger partial charge in [0.2, 0.25) is 15.9 Å². The number of benzene rings is 2. The lowest BCUT2D eigenvalue weighted by Gasteiger charge is -2.26. The monoisotopic (exact) mass is 468 g/mol. The number of amides is 1. The number of nitrogens with zero attached hydrogens (tertiary/aromatic N) is 2. The molecular formula is C25H28N2O5S. The van der Waals surface area contributed by atoms with E-state index in [2.05, 4.69) is 0 Å². The van der Waals surface area contributed by atoms with Gasteiger partial charge in [-0.05, 0) is 29.3 Å². The molecule has 0 radical (unpaired) electrons. The largest absolute Gasteiger partial charge is 0.467 e. The molecule has 0 aliphatic heterocycles. The molecule has 0 unspecified atom stereocenters. The number of carbonyl (C=O) groups excluding carboxylic acids is 1. The summed E-state index contributed by atoms with van der Waals surface area (Å²) in [6.45, 7) is 0.488. The fourth-order valence-electron chi connectivity index (χ4n) is 3.18. The first-order valence-corrected chi connectivity index (χ1v) is 12.0. The van der Waals surface area contributed by atoms with Gasteiger partial charge in [0.1, 0.15) is 5.76 Å². The Kier molecular flexibility index (Phi) is 9.00. The zero-order valence-corrected chi connectivity index (χ0v) is 19.4. The summed E-state index contributed by atoms with van der Waals surface area (Å²) in [6, 6.07) is 22.2. The molecule has 3 aromatic rings. The fraction of sp³-hybridized carbons (Fsp3) is 0.240. The molecular weight excluding hydrogens is 440 g/mol. The summed E-state index contributed by atoms with van der Waals surface area (Å²) in [7, 11) is -2.36. The first kappa shape index (κ1) is 24.4. The quantitative estimate of drug-likeness (QED) is 0.404. The van der Waals surface area contributed by atoms with Crippen LogP contribution in [0.4, 0.5) is 0 Å². The van der Waals surface area contributed by atoms with Crippen LogP contribution in [0.15, 0.2) is 88.9 Å². The van der Waals surface area contributed by atoms with Gasteiger partial charge in [0.25, 0.3) is 0 Å². The Balaban J connectivity index is 1.79. The number of hydrogen-bond acceptors (Lipinski definition) is 5. The fourth-order valence-corrected chi connectivity index (χ4v) is 4.30. The molecule has 1 amide bonds. The van der Waals surface area contributed by atoms with E-state index in [0.29, 0.717) is 12.3 Å². The third-order valence-electron chi connectivity index (χ3n) is 4.94. The van der Waals surface area contributed by atoms with Crippen LogP contribution in [0.3, 0.4) is 0 Å². The van der Waals surface area contributed by atoms with Crippen molar-refractivity contribution < 1.29 is 22.4 Å². The molecule has 0 saturated heterocycles. The zero-order chi connectivity index (χ0) is 23.5. The zero-order valence-electron chi connectivity index (χ0n) is 18.5. The van der Waals surface area contributed by atoms with E-state index < -0.39 is 10.0 Å². The van der Waals surface area contributed by atoms with Crippen molar-refractivity contribution in [2.24, 2.45) is 0 Å². The number of ether oxygens (including phenoxy) is 1. The molecule has 0 saturated carbocycles. The Labute approximate surface area is 194 Å². The van der Waals surface area contributed by atoms with Crippen molar-refractivity contribution in [2.75, 3.05) is 26.8 Å². The molecule has 8 heteroatoms. The second-order valence-corrected chi connectivity index (χ2v) is 9.22. The Hall–Kier alpha value is -3.20. The van der Waals surface area contributed by atoms with Gasteiger partial charge in [0.15, 0.2) is 0 Å². The van der Waals surface area contributed by atoms with Crippen molar-refractivity contribution in [1.29, 1.82) is 0 Å². The Morgan fingerprint density at radius 3 is 2.30 bits per heavy atom. The van der Waals surface area contributed by atoms with Crippen molar-refractivity contribution in [3.05, 3.63) is 101 Å². The van der Waals surface area contributed by atoms with Crippen molar-refractivity contribution >= 4 is 22.0 Å². The molecule has 1 heterocycles. The van der Waals surface area contributed by atoms with Crippen molar-refractivity contribution in [2.45, 2.75) is 13.1 Å². The lowest BCUT2D eigenvalue weighted by atomic mass is 10.2. The molecule has 2 aromatic carbocycles.